The second-order valence-electron chi connectivity index (χ2n) is 4.64. The first-order valence-corrected chi connectivity index (χ1v) is 6.46. The molecule has 1 atom stereocenters. The fourth-order valence-corrected chi connectivity index (χ4v) is 3.02. The highest BCUT2D eigenvalue weighted by atomic mass is 32.1. The molecule has 0 saturated carbocycles. The third kappa shape index (κ3) is 2.80. The first-order valence-electron chi connectivity index (χ1n) is 5.64. The molecule has 15 heavy (non-hydrogen) atoms. The number of β-amino-alcohol motifs (C(OH)–C–C–N with tert-alkyl or cyclic N) is 1. The predicted octanol–water partition coefficient (Wildman–Crippen LogP) is 2.44. The predicted molar refractivity (Wildman–Crippen MR) is 64.3 cm³/mol. The van der Waals surface area contributed by atoms with Gasteiger partial charge in [-0.3, -0.25) is 4.90 Å². The fraction of sp³-hybridized carbons (Fsp3) is 0.667. The molecule has 2 rings (SSSR count). The Labute approximate surface area is 95.5 Å². The number of hydrogen-bond donors (Lipinski definition) is 1. The van der Waals surface area contributed by atoms with Crippen molar-refractivity contribution in [2.24, 2.45) is 0 Å². The number of thiophene rings is 1. The normalized spacial score (nSPS) is 22.8. The van der Waals surface area contributed by atoms with Crippen LogP contribution in [0.5, 0.6) is 0 Å². The van der Waals surface area contributed by atoms with Gasteiger partial charge in [0.2, 0.25) is 0 Å². The van der Waals surface area contributed by atoms with Crippen LogP contribution in [-0.4, -0.2) is 29.2 Å². The van der Waals surface area contributed by atoms with Crippen LogP contribution in [0.2, 0.25) is 0 Å². The molecule has 3 heteroatoms. The Morgan fingerprint density at radius 3 is 2.87 bits per heavy atom. The summed E-state index contributed by atoms with van der Waals surface area (Å²) in [5.74, 6) is 0.632. The van der Waals surface area contributed by atoms with Crippen LogP contribution in [0.15, 0.2) is 12.1 Å². The lowest BCUT2D eigenvalue weighted by Crippen LogP contribution is -2.20. The molecule has 1 saturated heterocycles. The number of aliphatic hydroxyl groups excluding tert-OH is 1. The second-order valence-corrected chi connectivity index (χ2v) is 5.84. The van der Waals surface area contributed by atoms with Crippen LogP contribution in [0.25, 0.3) is 0 Å². The van der Waals surface area contributed by atoms with Gasteiger partial charge in [-0.25, -0.2) is 0 Å². The van der Waals surface area contributed by atoms with E-state index in [1.54, 1.807) is 0 Å². The second kappa shape index (κ2) is 4.64. The highest BCUT2D eigenvalue weighted by Crippen LogP contribution is 2.26. The fourth-order valence-electron chi connectivity index (χ4n) is 1.97. The van der Waals surface area contributed by atoms with E-state index in [1.807, 2.05) is 11.3 Å². The smallest absolute Gasteiger partial charge is 0.0679 e. The Morgan fingerprint density at radius 1 is 1.53 bits per heavy atom. The van der Waals surface area contributed by atoms with Crippen LogP contribution < -0.4 is 0 Å². The van der Waals surface area contributed by atoms with E-state index in [0.717, 1.165) is 26.1 Å². The third-order valence-corrected chi connectivity index (χ3v) is 4.25. The minimum absolute atomic E-state index is 0.102. The van der Waals surface area contributed by atoms with Crippen molar-refractivity contribution in [2.75, 3.05) is 13.1 Å². The average Bonchev–Trinajstić information content (AvgIpc) is 2.76. The maximum atomic E-state index is 9.43. The molecule has 1 N–H and O–H groups in total. The summed E-state index contributed by atoms with van der Waals surface area (Å²) < 4.78 is 0. The SMILES string of the molecule is CC(C)c1ccc(CN2CC[C@H](O)C2)s1. The van der Waals surface area contributed by atoms with E-state index in [0.29, 0.717) is 5.92 Å². The summed E-state index contributed by atoms with van der Waals surface area (Å²) in [6.45, 7) is 7.35. The lowest BCUT2D eigenvalue weighted by molar-refractivity contribution is 0.175. The highest BCUT2D eigenvalue weighted by molar-refractivity contribution is 7.12. The Bertz CT molecular complexity index is 321. The van der Waals surface area contributed by atoms with Gasteiger partial charge in [0.15, 0.2) is 0 Å². The Hall–Kier alpha value is -0.380. The summed E-state index contributed by atoms with van der Waals surface area (Å²) in [5, 5.41) is 9.43. The molecule has 0 aliphatic carbocycles. The average molecular weight is 225 g/mol. The van der Waals surface area contributed by atoms with E-state index < -0.39 is 0 Å². The molecular weight excluding hydrogens is 206 g/mol. The number of hydrogen-bond acceptors (Lipinski definition) is 3. The van der Waals surface area contributed by atoms with E-state index in [-0.39, 0.29) is 6.10 Å². The van der Waals surface area contributed by atoms with Gasteiger partial charge >= 0.3 is 0 Å². The van der Waals surface area contributed by atoms with E-state index in [1.165, 1.54) is 9.75 Å². The number of likely N-dealkylation sites (tertiary alicyclic amines) is 1. The van der Waals surface area contributed by atoms with Crippen LogP contribution in [0.3, 0.4) is 0 Å². The zero-order valence-electron chi connectivity index (χ0n) is 9.44. The van der Waals surface area contributed by atoms with Crippen molar-refractivity contribution in [1.82, 2.24) is 4.90 Å². The van der Waals surface area contributed by atoms with Crippen molar-refractivity contribution in [3.8, 4) is 0 Å². The number of rotatable bonds is 3. The zero-order valence-corrected chi connectivity index (χ0v) is 10.3. The van der Waals surface area contributed by atoms with Gasteiger partial charge in [0, 0.05) is 29.4 Å². The first kappa shape index (κ1) is 11.1. The van der Waals surface area contributed by atoms with Gasteiger partial charge < -0.3 is 5.11 Å². The molecule has 2 heterocycles. The standard InChI is InChI=1S/C12H19NOS/c1-9(2)12-4-3-11(15-12)8-13-6-5-10(14)7-13/h3-4,9-10,14H,5-8H2,1-2H3/t10-/m0/s1. The molecular formula is C12H19NOS. The molecule has 0 bridgehead atoms. The Morgan fingerprint density at radius 2 is 2.33 bits per heavy atom. The Balaban J connectivity index is 1.93. The van der Waals surface area contributed by atoms with Gasteiger partial charge in [-0.05, 0) is 24.5 Å². The van der Waals surface area contributed by atoms with Gasteiger partial charge in [-0.2, -0.15) is 0 Å². The number of nitrogens with zero attached hydrogens (tertiary/aromatic N) is 1. The molecule has 0 amide bonds. The van der Waals surface area contributed by atoms with Gasteiger partial charge in [0.1, 0.15) is 0 Å². The summed E-state index contributed by atoms with van der Waals surface area (Å²) in [6.07, 6.45) is 0.831. The quantitative estimate of drug-likeness (QED) is 0.854. The van der Waals surface area contributed by atoms with E-state index in [4.69, 9.17) is 0 Å². The summed E-state index contributed by atoms with van der Waals surface area (Å²) >= 11 is 1.91. The molecule has 1 fully saturated rings. The van der Waals surface area contributed by atoms with Crippen LogP contribution in [0.4, 0.5) is 0 Å². The van der Waals surface area contributed by atoms with E-state index >= 15 is 0 Å². The summed E-state index contributed by atoms with van der Waals surface area (Å²) in [6, 6.07) is 4.46. The molecule has 0 spiro atoms. The molecule has 1 aromatic rings. The topological polar surface area (TPSA) is 23.5 Å². The molecule has 84 valence electrons. The van der Waals surface area contributed by atoms with Crippen molar-refractivity contribution < 1.29 is 5.11 Å². The largest absolute Gasteiger partial charge is 0.392 e. The van der Waals surface area contributed by atoms with Crippen LogP contribution in [0, 0.1) is 0 Å². The van der Waals surface area contributed by atoms with Crippen molar-refractivity contribution in [1.29, 1.82) is 0 Å². The number of aliphatic hydroxyl groups is 1. The maximum absolute atomic E-state index is 9.43. The van der Waals surface area contributed by atoms with Crippen LogP contribution in [0.1, 0.15) is 35.9 Å². The van der Waals surface area contributed by atoms with Crippen molar-refractivity contribution in [3.63, 3.8) is 0 Å². The summed E-state index contributed by atoms with van der Waals surface area (Å²) in [4.78, 5) is 5.22. The molecule has 1 aliphatic heterocycles. The molecule has 2 nitrogen and oxygen atoms in total. The van der Waals surface area contributed by atoms with Crippen molar-refractivity contribution >= 4 is 11.3 Å². The zero-order chi connectivity index (χ0) is 10.8. The van der Waals surface area contributed by atoms with Gasteiger partial charge in [-0.15, -0.1) is 11.3 Å². The van der Waals surface area contributed by atoms with Gasteiger partial charge in [0.05, 0.1) is 6.10 Å². The molecule has 0 unspecified atom stereocenters. The minimum atomic E-state index is -0.102. The lowest BCUT2D eigenvalue weighted by atomic mass is 10.2. The van der Waals surface area contributed by atoms with Crippen LogP contribution in [-0.2, 0) is 6.54 Å². The third-order valence-electron chi connectivity index (χ3n) is 2.88. The summed E-state index contributed by atoms with van der Waals surface area (Å²) in [7, 11) is 0. The van der Waals surface area contributed by atoms with Crippen molar-refractivity contribution in [2.45, 2.75) is 38.8 Å². The van der Waals surface area contributed by atoms with Crippen LogP contribution >= 0.6 is 11.3 Å². The van der Waals surface area contributed by atoms with Gasteiger partial charge in [-0.1, -0.05) is 13.8 Å². The summed E-state index contributed by atoms with van der Waals surface area (Å²) in [5.41, 5.74) is 0. The van der Waals surface area contributed by atoms with Gasteiger partial charge in [0.25, 0.3) is 0 Å². The monoisotopic (exact) mass is 225 g/mol. The first-order chi connectivity index (χ1) is 7.15. The van der Waals surface area contributed by atoms with E-state index in [9.17, 15) is 5.11 Å². The minimum Gasteiger partial charge on any atom is -0.392 e. The highest BCUT2D eigenvalue weighted by Gasteiger charge is 2.20. The molecule has 1 aromatic heterocycles. The lowest BCUT2D eigenvalue weighted by Gasteiger charge is -2.12. The molecule has 1 aliphatic rings. The van der Waals surface area contributed by atoms with E-state index in [2.05, 4.69) is 30.9 Å². The van der Waals surface area contributed by atoms with Crippen molar-refractivity contribution in [3.05, 3.63) is 21.9 Å². The maximum Gasteiger partial charge on any atom is 0.0679 e. The molecule has 0 aromatic carbocycles. The molecule has 0 radical (unpaired) electrons. The Kier molecular flexibility index (Phi) is 3.44.